The fourth-order valence-corrected chi connectivity index (χ4v) is 4.78. The number of hydrogen-bond donors (Lipinski definition) is 0. The van der Waals surface area contributed by atoms with Gasteiger partial charge in [0.2, 0.25) is 5.78 Å². The van der Waals surface area contributed by atoms with E-state index in [9.17, 15) is 27.7 Å². The topological polar surface area (TPSA) is 112 Å². The Morgan fingerprint density at radius 2 is 1.96 bits per heavy atom. The lowest BCUT2D eigenvalue weighted by Gasteiger charge is -2.09. The summed E-state index contributed by atoms with van der Waals surface area (Å²) in [6.07, 6.45) is 0.957. The third kappa shape index (κ3) is 3.20. The number of aromatic nitrogens is 2. The number of sulfone groups is 1. The lowest BCUT2D eigenvalue weighted by atomic mass is 9.97. The Morgan fingerprint density at radius 1 is 1.32 bits per heavy atom. The summed E-state index contributed by atoms with van der Waals surface area (Å²) in [6.45, 7) is 1.58. The number of halogens is 2. The van der Waals surface area contributed by atoms with Crippen LogP contribution in [0.25, 0.3) is 10.9 Å². The number of aryl methyl sites for hydroxylation is 2. The van der Waals surface area contributed by atoms with Crippen LogP contribution in [0, 0.1) is 22.9 Å². The maximum atomic E-state index is 13.6. The summed E-state index contributed by atoms with van der Waals surface area (Å²) in [5.41, 5.74) is -0.464. The summed E-state index contributed by atoms with van der Waals surface area (Å²) >= 11 is 3.17. The SMILES string of the molecule is Cc1ccc(F)cc1C(=O)c1c([N+](=O)[O-])cc2c(S(C)(=O)=O)n(C)nc2c1Br. The van der Waals surface area contributed by atoms with Crippen LogP contribution >= 0.6 is 15.9 Å². The van der Waals surface area contributed by atoms with Crippen LogP contribution in [-0.4, -0.2) is 35.2 Å². The van der Waals surface area contributed by atoms with Gasteiger partial charge in [0, 0.05) is 30.3 Å². The van der Waals surface area contributed by atoms with Gasteiger partial charge < -0.3 is 0 Å². The molecular formula is C17H13BrFN3O5S. The number of nitro groups is 1. The highest BCUT2D eigenvalue weighted by molar-refractivity contribution is 9.10. The molecule has 3 rings (SSSR count). The van der Waals surface area contributed by atoms with Crippen LogP contribution in [0.1, 0.15) is 21.5 Å². The zero-order valence-electron chi connectivity index (χ0n) is 14.9. The van der Waals surface area contributed by atoms with Gasteiger partial charge in [0.1, 0.15) is 16.9 Å². The van der Waals surface area contributed by atoms with Crippen LogP contribution in [0.15, 0.2) is 33.8 Å². The molecule has 0 aliphatic heterocycles. The monoisotopic (exact) mass is 469 g/mol. The Kier molecular flexibility index (Phi) is 4.84. The van der Waals surface area contributed by atoms with Crippen molar-refractivity contribution < 1.29 is 22.5 Å². The average molecular weight is 470 g/mol. The zero-order valence-corrected chi connectivity index (χ0v) is 17.3. The minimum atomic E-state index is -3.75. The summed E-state index contributed by atoms with van der Waals surface area (Å²) in [6, 6.07) is 4.57. The smallest absolute Gasteiger partial charge is 0.282 e. The minimum Gasteiger partial charge on any atom is -0.288 e. The molecular weight excluding hydrogens is 457 g/mol. The highest BCUT2D eigenvalue weighted by atomic mass is 79.9. The van der Waals surface area contributed by atoms with Gasteiger partial charge in [-0.15, -0.1) is 0 Å². The molecule has 0 fully saturated rings. The van der Waals surface area contributed by atoms with Crippen LogP contribution in [-0.2, 0) is 16.9 Å². The first-order chi connectivity index (χ1) is 12.9. The second-order valence-corrected chi connectivity index (χ2v) is 8.95. The van der Waals surface area contributed by atoms with Crippen LogP contribution in [0.3, 0.4) is 0 Å². The molecule has 28 heavy (non-hydrogen) atoms. The molecule has 0 amide bonds. The average Bonchev–Trinajstić information content (AvgIpc) is 2.92. The van der Waals surface area contributed by atoms with Crippen molar-refractivity contribution in [3.8, 4) is 0 Å². The number of benzene rings is 2. The van der Waals surface area contributed by atoms with E-state index < -0.39 is 32.0 Å². The second kappa shape index (κ2) is 6.74. The molecule has 3 aromatic rings. The van der Waals surface area contributed by atoms with Crippen LogP contribution in [0.4, 0.5) is 10.1 Å². The van der Waals surface area contributed by atoms with E-state index in [2.05, 4.69) is 21.0 Å². The molecule has 0 spiro atoms. The molecule has 11 heteroatoms. The summed E-state index contributed by atoms with van der Waals surface area (Å²) in [4.78, 5) is 23.9. The van der Waals surface area contributed by atoms with E-state index in [4.69, 9.17) is 0 Å². The molecule has 0 aliphatic carbocycles. The molecule has 0 saturated heterocycles. The fourth-order valence-electron chi connectivity index (χ4n) is 3.03. The Hall–Kier alpha value is -2.66. The van der Waals surface area contributed by atoms with Gasteiger partial charge in [0.25, 0.3) is 5.69 Å². The molecule has 0 bridgehead atoms. The van der Waals surface area contributed by atoms with Crippen molar-refractivity contribution in [1.82, 2.24) is 9.78 Å². The van der Waals surface area contributed by atoms with E-state index in [1.54, 1.807) is 6.92 Å². The largest absolute Gasteiger partial charge is 0.288 e. The zero-order chi connectivity index (χ0) is 21.0. The van der Waals surface area contributed by atoms with E-state index in [1.807, 2.05) is 0 Å². The lowest BCUT2D eigenvalue weighted by Crippen LogP contribution is -2.09. The fraction of sp³-hybridized carbons (Fsp3) is 0.176. The van der Waals surface area contributed by atoms with Gasteiger partial charge in [-0.05, 0) is 40.5 Å². The molecule has 146 valence electrons. The van der Waals surface area contributed by atoms with Crippen LogP contribution in [0.2, 0.25) is 0 Å². The van der Waals surface area contributed by atoms with Crippen molar-refractivity contribution in [3.63, 3.8) is 0 Å². The molecule has 8 nitrogen and oxygen atoms in total. The van der Waals surface area contributed by atoms with Crippen molar-refractivity contribution in [3.05, 3.63) is 61.4 Å². The predicted molar refractivity (Wildman–Crippen MR) is 103 cm³/mol. The summed E-state index contributed by atoms with van der Waals surface area (Å²) in [5, 5.41) is 15.5. The van der Waals surface area contributed by atoms with Gasteiger partial charge >= 0.3 is 0 Å². The third-order valence-corrected chi connectivity index (χ3v) is 6.17. The summed E-state index contributed by atoms with van der Waals surface area (Å²) in [7, 11) is -2.37. The summed E-state index contributed by atoms with van der Waals surface area (Å²) in [5.74, 6) is -1.44. The van der Waals surface area contributed by atoms with Crippen molar-refractivity contribution >= 4 is 48.1 Å². The maximum Gasteiger partial charge on any atom is 0.282 e. The Balaban J connectivity index is 2.42. The first-order valence-electron chi connectivity index (χ1n) is 7.78. The van der Waals surface area contributed by atoms with Gasteiger partial charge in [-0.3, -0.25) is 19.6 Å². The number of nitrogens with zero attached hydrogens (tertiary/aromatic N) is 3. The maximum absolute atomic E-state index is 13.6. The third-order valence-electron chi connectivity index (χ3n) is 4.21. The number of carbonyl (C=O) groups is 1. The van der Waals surface area contributed by atoms with Crippen molar-refractivity contribution in [2.45, 2.75) is 11.9 Å². The Bertz CT molecular complexity index is 1280. The Labute approximate surface area is 167 Å². The van der Waals surface area contributed by atoms with Crippen molar-refractivity contribution in [2.75, 3.05) is 6.26 Å². The van der Waals surface area contributed by atoms with Crippen molar-refractivity contribution in [2.24, 2.45) is 7.05 Å². The quantitative estimate of drug-likeness (QED) is 0.329. The highest BCUT2D eigenvalue weighted by Crippen LogP contribution is 2.38. The number of carbonyl (C=O) groups excluding carboxylic acids is 1. The molecule has 1 aromatic heterocycles. The number of rotatable bonds is 4. The van der Waals surface area contributed by atoms with E-state index in [0.29, 0.717) is 5.56 Å². The van der Waals surface area contributed by atoms with Crippen molar-refractivity contribution in [1.29, 1.82) is 0 Å². The first kappa shape index (κ1) is 20.1. The molecule has 0 aliphatic rings. The number of nitro benzene ring substituents is 1. The molecule has 0 N–H and O–H groups in total. The van der Waals surface area contributed by atoms with Gasteiger partial charge in [-0.1, -0.05) is 6.07 Å². The predicted octanol–water partition coefficient (Wildman–Crippen LogP) is 3.33. The molecule has 0 saturated carbocycles. The van der Waals surface area contributed by atoms with Crippen LogP contribution < -0.4 is 0 Å². The van der Waals surface area contributed by atoms with E-state index >= 15 is 0 Å². The van der Waals surface area contributed by atoms with Gasteiger partial charge in [-0.25, -0.2) is 12.8 Å². The lowest BCUT2D eigenvalue weighted by molar-refractivity contribution is -0.385. The molecule has 0 radical (unpaired) electrons. The second-order valence-electron chi connectivity index (χ2n) is 6.23. The number of hydrogen-bond acceptors (Lipinski definition) is 6. The Morgan fingerprint density at radius 3 is 2.54 bits per heavy atom. The number of ketones is 1. The van der Waals surface area contributed by atoms with Crippen LogP contribution in [0.5, 0.6) is 0 Å². The van der Waals surface area contributed by atoms with Gasteiger partial charge in [0.15, 0.2) is 14.9 Å². The molecule has 0 unspecified atom stereocenters. The number of fused-ring (bicyclic) bond motifs is 1. The summed E-state index contributed by atoms with van der Waals surface area (Å²) < 4.78 is 38.9. The van der Waals surface area contributed by atoms with E-state index in [1.165, 1.54) is 19.2 Å². The van der Waals surface area contributed by atoms with Gasteiger partial charge in [0.05, 0.1) is 9.40 Å². The highest BCUT2D eigenvalue weighted by Gasteiger charge is 2.31. The van der Waals surface area contributed by atoms with Gasteiger partial charge in [-0.2, -0.15) is 5.10 Å². The first-order valence-corrected chi connectivity index (χ1v) is 10.5. The molecule has 2 aromatic carbocycles. The molecule has 1 heterocycles. The standard InChI is InChI=1S/C17H13BrFN3O5S/c1-8-4-5-9(19)6-10(8)16(23)13-12(22(24)25)7-11-15(14(13)18)20-21(2)17(11)28(3,26)27/h4-7H,1-3H3. The normalized spacial score (nSPS) is 11.8. The van der Waals surface area contributed by atoms with E-state index in [-0.39, 0.29) is 31.5 Å². The van der Waals surface area contributed by atoms with E-state index in [0.717, 1.165) is 23.1 Å². The minimum absolute atomic E-state index is 0.0103. The molecule has 0 atom stereocenters.